The molecule has 2 aromatic rings. The number of piperidine rings is 2. The zero-order valence-corrected chi connectivity index (χ0v) is 17.1. The Hall–Kier alpha value is -1.44. The highest BCUT2D eigenvalue weighted by molar-refractivity contribution is 6.30. The molecule has 2 fully saturated rings. The van der Waals surface area contributed by atoms with Gasteiger partial charge in [-0.25, -0.2) is 9.97 Å². The van der Waals surface area contributed by atoms with Gasteiger partial charge in [-0.3, -0.25) is 0 Å². The minimum absolute atomic E-state index is 0.174. The third-order valence-electron chi connectivity index (χ3n) is 5.68. The fourth-order valence-corrected chi connectivity index (χ4v) is 4.12. The quantitative estimate of drug-likeness (QED) is 0.760. The van der Waals surface area contributed by atoms with E-state index >= 15 is 0 Å². The molecule has 0 spiro atoms. The lowest BCUT2D eigenvalue weighted by molar-refractivity contribution is 0.0350. The van der Waals surface area contributed by atoms with Crippen molar-refractivity contribution < 1.29 is 5.11 Å². The minimum atomic E-state index is -0.647. The number of aromatic nitrogens is 4. The SMILES string of the molecule is CC1CCN(c2nc(Cl)nc3c(N4CCC(C)(O)CC4)nc(Cl)nc23)CC1. The van der Waals surface area contributed by atoms with Gasteiger partial charge in [0.1, 0.15) is 11.0 Å². The summed E-state index contributed by atoms with van der Waals surface area (Å²) in [7, 11) is 0. The van der Waals surface area contributed by atoms with Gasteiger partial charge in [0.15, 0.2) is 11.6 Å². The highest BCUT2D eigenvalue weighted by Crippen LogP contribution is 2.34. The van der Waals surface area contributed by atoms with Gasteiger partial charge >= 0.3 is 0 Å². The van der Waals surface area contributed by atoms with Crippen LogP contribution in [0.4, 0.5) is 11.6 Å². The number of halogens is 2. The Morgan fingerprint density at radius 1 is 0.852 bits per heavy atom. The smallest absolute Gasteiger partial charge is 0.225 e. The standard InChI is InChI=1S/C18H24Cl2N6O/c1-11-3-7-25(8-4-11)14-12-13(22-16(19)23-14)15(24-17(20)21-12)26-9-5-18(2,27)6-10-26/h11,27H,3-10H2,1-2H3. The molecule has 0 aliphatic carbocycles. The lowest BCUT2D eigenvalue weighted by atomic mass is 9.94. The van der Waals surface area contributed by atoms with E-state index in [0.717, 1.165) is 31.7 Å². The average molecular weight is 411 g/mol. The highest BCUT2D eigenvalue weighted by atomic mass is 35.5. The van der Waals surface area contributed by atoms with Crippen molar-refractivity contribution in [2.45, 2.75) is 45.1 Å². The van der Waals surface area contributed by atoms with Crippen LogP contribution in [0.5, 0.6) is 0 Å². The largest absolute Gasteiger partial charge is 0.390 e. The van der Waals surface area contributed by atoms with Gasteiger partial charge in [-0.1, -0.05) is 6.92 Å². The predicted octanol–water partition coefficient (Wildman–Crippen LogP) is 3.31. The Morgan fingerprint density at radius 3 is 1.78 bits per heavy atom. The molecule has 2 aliphatic heterocycles. The van der Waals surface area contributed by atoms with Crippen LogP contribution in [0, 0.1) is 5.92 Å². The van der Waals surface area contributed by atoms with Gasteiger partial charge in [-0.15, -0.1) is 0 Å². The summed E-state index contributed by atoms with van der Waals surface area (Å²) in [6, 6.07) is 0. The zero-order valence-electron chi connectivity index (χ0n) is 15.6. The lowest BCUT2D eigenvalue weighted by Gasteiger charge is -2.36. The Labute approximate surface area is 168 Å². The van der Waals surface area contributed by atoms with Gasteiger partial charge in [0, 0.05) is 26.2 Å². The summed E-state index contributed by atoms with van der Waals surface area (Å²) in [6.45, 7) is 7.30. The molecule has 0 bridgehead atoms. The summed E-state index contributed by atoms with van der Waals surface area (Å²) >= 11 is 12.5. The maximum absolute atomic E-state index is 10.2. The molecule has 146 valence electrons. The van der Waals surface area contributed by atoms with Crippen molar-refractivity contribution in [2.75, 3.05) is 36.0 Å². The molecule has 2 aliphatic rings. The van der Waals surface area contributed by atoms with Crippen molar-refractivity contribution in [1.82, 2.24) is 19.9 Å². The fourth-order valence-electron chi connectivity index (χ4n) is 3.79. The maximum atomic E-state index is 10.2. The van der Waals surface area contributed by atoms with E-state index < -0.39 is 5.60 Å². The molecule has 0 atom stereocenters. The summed E-state index contributed by atoms with van der Waals surface area (Å²) < 4.78 is 0. The van der Waals surface area contributed by atoms with Crippen LogP contribution in [0.3, 0.4) is 0 Å². The first-order chi connectivity index (χ1) is 12.8. The third-order valence-corrected chi connectivity index (χ3v) is 6.01. The van der Waals surface area contributed by atoms with Gasteiger partial charge < -0.3 is 14.9 Å². The van der Waals surface area contributed by atoms with Crippen LogP contribution in [-0.2, 0) is 0 Å². The van der Waals surface area contributed by atoms with Gasteiger partial charge in [-0.2, -0.15) is 9.97 Å². The third kappa shape index (κ3) is 3.91. The normalized spacial score (nSPS) is 21.1. The van der Waals surface area contributed by atoms with Crippen LogP contribution >= 0.6 is 23.2 Å². The first kappa shape index (κ1) is 18.9. The second-order valence-corrected chi connectivity index (χ2v) is 8.66. The zero-order chi connectivity index (χ0) is 19.2. The predicted molar refractivity (Wildman–Crippen MR) is 108 cm³/mol. The molecule has 7 nitrogen and oxygen atoms in total. The first-order valence-corrected chi connectivity index (χ1v) is 10.2. The van der Waals surface area contributed by atoms with E-state index in [0.29, 0.717) is 48.7 Å². The molecule has 0 radical (unpaired) electrons. The number of nitrogens with zero attached hydrogens (tertiary/aromatic N) is 6. The van der Waals surface area contributed by atoms with Crippen molar-refractivity contribution in [1.29, 1.82) is 0 Å². The molecule has 4 heterocycles. The number of anilines is 2. The van der Waals surface area contributed by atoms with Crippen LogP contribution in [0.15, 0.2) is 0 Å². The van der Waals surface area contributed by atoms with Crippen molar-refractivity contribution in [3.63, 3.8) is 0 Å². The average Bonchev–Trinajstić information content (AvgIpc) is 2.62. The monoisotopic (exact) mass is 410 g/mol. The van der Waals surface area contributed by atoms with E-state index in [1.54, 1.807) is 0 Å². The summed E-state index contributed by atoms with van der Waals surface area (Å²) in [4.78, 5) is 22.1. The van der Waals surface area contributed by atoms with E-state index in [4.69, 9.17) is 23.2 Å². The molecule has 4 rings (SSSR count). The minimum Gasteiger partial charge on any atom is -0.390 e. The Balaban J connectivity index is 1.77. The van der Waals surface area contributed by atoms with Gasteiger partial charge in [-0.05, 0) is 61.7 Å². The van der Waals surface area contributed by atoms with Gasteiger partial charge in [0.05, 0.1) is 5.60 Å². The Morgan fingerprint density at radius 2 is 1.30 bits per heavy atom. The Kier molecular flexibility index (Phi) is 5.03. The molecule has 0 saturated carbocycles. The molecule has 2 saturated heterocycles. The number of aliphatic hydroxyl groups is 1. The van der Waals surface area contributed by atoms with Crippen LogP contribution in [-0.4, -0.2) is 56.8 Å². The molecule has 27 heavy (non-hydrogen) atoms. The van der Waals surface area contributed by atoms with Crippen LogP contribution < -0.4 is 9.80 Å². The summed E-state index contributed by atoms with van der Waals surface area (Å²) in [5.41, 5.74) is 0.613. The molecule has 0 aromatic carbocycles. The second-order valence-electron chi connectivity index (χ2n) is 7.98. The van der Waals surface area contributed by atoms with E-state index in [1.807, 2.05) is 6.92 Å². The van der Waals surface area contributed by atoms with Gasteiger partial charge in [0.25, 0.3) is 0 Å². The van der Waals surface area contributed by atoms with E-state index in [1.165, 1.54) is 0 Å². The molecule has 0 amide bonds. The van der Waals surface area contributed by atoms with Crippen molar-refractivity contribution in [2.24, 2.45) is 5.92 Å². The summed E-state index contributed by atoms with van der Waals surface area (Å²) in [6.07, 6.45) is 3.53. The Bertz CT molecular complexity index is 843. The fraction of sp³-hybridized carbons (Fsp3) is 0.667. The van der Waals surface area contributed by atoms with Crippen LogP contribution in [0.1, 0.15) is 39.5 Å². The molecular weight excluding hydrogens is 387 g/mol. The molecule has 1 N–H and O–H groups in total. The highest BCUT2D eigenvalue weighted by Gasteiger charge is 2.30. The number of rotatable bonds is 2. The number of hydrogen-bond donors (Lipinski definition) is 1. The van der Waals surface area contributed by atoms with E-state index in [-0.39, 0.29) is 10.6 Å². The van der Waals surface area contributed by atoms with E-state index in [9.17, 15) is 5.11 Å². The molecular formula is C18H24Cl2N6O. The molecule has 0 unspecified atom stereocenters. The van der Waals surface area contributed by atoms with Gasteiger partial charge in [0.2, 0.25) is 10.6 Å². The summed E-state index contributed by atoms with van der Waals surface area (Å²) in [5, 5.41) is 10.6. The topological polar surface area (TPSA) is 78.3 Å². The molecule has 9 heteroatoms. The van der Waals surface area contributed by atoms with Crippen molar-refractivity contribution in [3.05, 3.63) is 10.6 Å². The van der Waals surface area contributed by atoms with Crippen LogP contribution in [0.25, 0.3) is 11.0 Å². The van der Waals surface area contributed by atoms with Crippen LogP contribution in [0.2, 0.25) is 10.6 Å². The maximum Gasteiger partial charge on any atom is 0.225 e. The number of hydrogen-bond acceptors (Lipinski definition) is 7. The van der Waals surface area contributed by atoms with Crippen molar-refractivity contribution in [3.8, 4) is 0 Å². The number of fused-ring (bicyclic) bond motifs is 1. The lowest BCUT2D eigenvalue weighted by Crippen LogP contribution is -2.43. The molecule has 2 aromatic heterocycles. The summed E-state index contributed by atoms with van der Waals surface area (Å²) in [5.74, 6) is 2.10. The second kappa shape index (κ2) is 7.18. The first-order valence-electron chi connectivity index (χ1n) is 9.45. The van der Waals surface area contributed by atoms with Crippen molar-refractivity contribution >= 4 is 45.9 Å². The van der Waals surface area contributed by atoms with E-state index in [2.05, 4.69) is 36.7 Å².